The van der Waals surface area contributed by atoms with E-state index in [9.17, 15) is 9.90 Å². The number of carbonyl (C=O) groups excluding carboxylic acids is 1. The third-order valence-corrected chi connectivity index (χ3v) is 3.86. The lowest BCUT2D eigenvalue weighted by Gasteiger charge is -2.29. The number of aromatic nitrogens is 1. The van der Waals surface area contributed by atoms with Crippen molar-refractivity contribution in [3.63, 3.8) is 0 Å². The van der Waals surface area contributed by atoms with Gasteiger partial charge >= 0.3 is 0 Å². The predicted octanol–water partition coefficient (Wildman–Crippen LogP) is 1.60. The Labute approximate surface area is 121 Å². The van der Waals surface area contributed by atoms with Gasteiger partial charge in [-0.1, -0.05) is 20.3 Å². The summed E-state index contributed by atoms with van der Waals surface area (Å²) in [6.45, 7) is 7.10. The van der Waals surface area contributed by atoms with Crippen LogP contribution in [-0.2, 0) is 6.54 Å². The summed E-state index contributed by atoms with van der Waals surface area (Å²) in [6.07, 6.45) is 0.943. The molecule has 0 aliphatic rings. The molecule has 2 atom stereocenters. The summed E-state index contributed by atoms with van der Waals surface area (Å²) in [5, 5.41) is 13.5. The van der Waals surface area contributed by atoms with Crippen LogP contribution >= 0.6 is 0 Å². The molecule has 1 aromatic rings. The van der Waals surface area contributed by atoms with Crippen molar-refractivity contribution in [2.45, 2.75) is 39.3 Å². The highest BCUT2D eigenvalue weighted by Gasteiger charge is 2.26. The largest absolute Gasteiger partial charge is 0.389 e. The molecule has 0 fully saturated rings. The zero-order chi connectivity index (χ0) is 15.3. The standard InChI is InChI=1S/C15H27N3O2/c1-6-11(2)15(3,20)10-16-9-12-7-8-13(17-12)14(19)18(4)5/h7-8,11,16-17,20H,6,9-10H2,1-5H3. The highest BCUT2D eigenvalue weighted by Crippen LogP contribution is 2.18. The molecule has 114 valence electrons. The quantitative estimate of drug-likeness (QED) is 0.711. The van der Waals surface area contributed by atoms with E-state index in [-0.39, 0.29) is 11.8 Å². The molecule has 3 N–H and O–H groups in total. The Hall–Kier alpha value is -1.33. The van der Waals surface area contributed by atoms with Gasteiger partial charge in [0.05, 0.1) is 5.60 Å². The lowest BCUT2D eigenvalue weighted by molar-refractivity contribution is 0.00529. The molecule has 0 saturated carbocycles. The zero-order valence-electron chi connectivity index (χ0n) is 13.2. The predicted molar refractivity (Wildman–Crippen MR) is 80.6 cm³/mol. The smallest absolute Gasteiger partial charge is 0.269 e. The summed E-state index contributed by atoms with van der Waals surface area (Å²) in [5.41, 5.74) is 0.805. The third kappa shape index (κ3) is 4.35. The number of rotatable bonds is 7. The van der Waals surface area contributed by atoms with Crippen molar-refractivity contribution in [3.8, 4) is 0 Å². The molecule has 5 heteroatoms. The monoisotopic (exact) mass is 281 g/mol. The molecule has 0 radical (unpaired) electrons. The molecule has 2 unspecified atom stereocenters. The van der Waals surface area contributed by atoms with Crippen LogP contribution < -0.4 is 5.32 Å². The first-order valence-electron chi connectivity index (χ1n) is 7.10. The highest BCUT2D eigenvalue weighted by atomic mass is 16.3. The minimum Gasteiger partial charge on any atom is -0.389 e. The molecule has 1 heterocycles. The Bertz CT molecular complexity index is 438. The van der Waals surface area contributed by atoms with E-state index in [1.165, 1.54) is 4.90 Å². The molecule has 20 heavy (non-hydrogen) atoms. The molecule has 1 aromatic heterocycles. The van der Waals surface area contributed by atoms with Crippen LogP contribution in [0.4, 0.5) is 0 Å². The maximum Gasteiger partial charge on any atom is 0.269 e. The lowest BCUT2D eigenvalue weighted by Crippen LogP contribution is -2.42. The average Bonchev–Trinajstić information content (AvgIpc) is 2.85. The summed E-state index contributed by atoms with van der Waals surface area (Å²) in [6, 6.07) is 3.67. The summed E-state index contributed by atoms with van der Waals surface area (Å²) in [5.74, 6) is 0.201. The SMILES string of the molecule is CCC(C)C(C)(O)CNCc1ccc(C(=O)N(C)C)[nH]1. The van der Waals surface area contributed by atoms with Gasteiger partial charge in [-0.15, -0.1) is 0 Å². The Kier molecular flexibility index (Phi) is 5.77. The van der Waals surface area contributed by atoms with Gasteiger partial charge in [0.1, 0.15) is 5.69 Å². The van der Waals surface area contributed by atoms with Crippen molar-refractivity contribution >= 4 is 5.91 Å². The molecular weight excluding hydrogens is 254 g/mol. The molecule has 1 amide bonds. The molecular formula is C15H27N3O2. The maximum absolute atomic E-state index is 11.8. The van der Waals surface area contributed by atoms with E-state index in [1.54, 1.807) is 20.2 Å². The van der Waals surface area contributed by atoms with Crippen LogP contribution in [0.3, 0.4) is 0 Å². The van der Waals surface area contributed by atoms with Crippen LogP contribution in [0.5, 0.6) is 0 Å². The first kappa shape index (κ1) is 16.7. The Morgan fingerprint density at radius 2 is 2.15 bits per heavy atom. The fourth-order valence-corrected chi connectivity index (χ4v) is 1.97. The fourth-order valence-electron chi connectivity index (χ4n) is 1.97. The van der Waals surface area contributed by atoms with Crippen LogP contribution in [0.1, 0.15) is 43.4 Å². The number of hydrogen-bond acceptors (Lipinski definition) is 3. The van der Waals surface area contributed by atoms with E-state index in [0.29, 0.717) is 18.8 Å². The number of aliphatic hydroxyl groups is 1. The fraction of sp³-hybridized carbons (Fsp3) is 0.667. The number of nitrogens with zero attached hydrogens (tertiary/aromatic N) is 1. The van der Waals surface area contributed by atoms with Crippen LogP contribution in [0, 0.1) is 5.92 Å². The summed E-state index contributed by atoms with van der Waals surface area (Å²) >= 11 is 0. The third-order valence-electron chi connectivity index (χ3n) is 3.86. The van der Waals surface area contributed by atoms with Crippen LogP contribution in [0.2, 0.25) is 0 Å². The number of carbonyl (C=O) groups is 1. The van der Waals surface area contributed by atoms with Gasteiger partial charge in [-0.25, -0.2) is 0 Å². The number of hydrogen-bond donors (Lipinski definition) is 3. The van der Waals surface area contributed by atoms with E-state index >= 15 is 0 Å². The number of H-pyrrole nitrogens is 1. The molecule has 0 aromatic carbocycles. The van der Waals surface area contributed by atoms with Crippen LogP contribution in [0.25, 0.3) is 0 Å². The van der Waals surface area contributed by atoms with Gasteiger partial charge in [-0.2, -0.15) is 0 Å². The van der Waals surface area contributed by atoms with Crippen LogP contribution in [-0.4, -0.2) is 47.1 Å². The molecule has 0 aliphatic heterocycles. The van der Waals surface area contributed by atoms with Crippen LogP contribution in [0.15, 0.2) is 12.1 Å². The second-order valence-corrected chi connectivity index (χ2v) is 5.87. The van der Waals surface area contributed by atoms with E-state index in [0.717, 1.165) is 12.1 Å². The van der Waals surface area contributed by atoms with Gasteiger partial charge in [-0.3, -0.25) is 4.79 Å². The van der Waals surface area contributed by atoms with Gasteiger partial charge in [0, 0.05) is 32.9 Å². The lowest BCUT2D eigenvalue weighted by atomic mass is 9.89. The van der Waals surface area contributed by atoms with Gasteiger partial charge in [0.25, 0.3) is 5.91 Å². The van der Waals surface area contributed by atoms with Crippen molar-refractivity contribution in [2.24, 2.45) is 5.92 Å². The topological polar surface area (TPSA) is 68.4 Å². The van der Waals surface area contributed by atoms with E-state index in [2.05, 4.69) is 17.2 Å². The Morgan fingerprint density at radius 1 is 1.50 bits per heavy atom. The average molecular weight is 281 g/mol. The van der Waals surface area contributed by atoms with Gasteiger partial charge in [-0.05, 0) is 25.0 Å². The molecule has 0 saturated heterocycles. The van der Waals surface area contributed by atoms with Crippen molar-refractivity contribution in [1.29, 1.82) is 0 Å². The zero-order valence-corrected chi connectivity index (χ0v) is 13.2. The van der Waals surface area contributed by atoms with Crippen molar-refractivity contribution in [2.75, 3.05) is 20.6 Å². The van der Waals surface area contributed by atoms with Crippen molar-refractivity contribution in [3.05, 3.63) is 23.5 Å². The second-order valence-electron chi connectivity index (χ2n) is 5.87. The normalized spacial score (nSPS) is 15.7. The summed E-state index contributed by atoms with van der Waals surface area (Å²) < 4.78 is 0. The summed E-state index contributed by atoms with van der Waals surface area (Å²) in [4.78, 5) is 16.4. The molecule has 0 aliphatic carbocycles. The first-order valence-corrected chi connectivity index (χ1v) is 7.10. The Balaban J connectivity index is 2.49. The maximum atomic E-state index is 11.8. The summed E-state index contributed by atoms with van der Waals surface area (Å²) in [7, 11) is 3.45. The Morgan fingerprint density at radius 3 is 2.70 bits per heavy atom. The molecule has 5 nitrogen and oxygen atoms in total. The number of amides is 1. The van der Waals surface area contributed by atoms with Crippen molar-refractivity contribution in [1.82, 2.24) is 15.2 Å². The van der Waals surface area contributed by atoms with E-state index < -0.39 is 5.60 Å². The minimum absolute atomic E-state index is 0.0390. The number of aromatic amines is 1. The van der Waals surface area contributed by atoms with Gasteiger partial charge in [0.15, 0.2) is 0 Å². The van der Waals surface area contributed by atoms with Gasteiger partial charge < -0.3 is 20.3 Å². The molecule has 1 rings (SSSR count). The molecule has 0 bridgehead atoms. The second kappa shape index (κ2) is 6.90. The first-order chi connectivity index (χ1) is 9.27. The van der Waals surface area contributed by atoms with E-state index in [1.807, 2.05) is 19.9 Å². The van der Waals surface area contributed by atoms with Crippen molar-refractivity contribution < 1.29 is 9.90 Å². The number of nitrogens with one attached hydrogen (secondary N) is 2. The van der Waals surface area contributed by atoms with Gasteiger partial charge in [0.2, 0.25) is 0 Å². The minimum atomic E-state index is -0.719. The van der Waals surface area contributed by atoms with E-state index in [4.69, 9.17) is 0 Å². The highest BCUT2D eigenvalue weighted by molar-refractivity contribution is 5.92. The molecule has 0 spiro atoms.